The van der Waals surface area contributed by atoms with E-state index in [1.165, 1.54) is 24.4 Å². The van der Waals surface area contributed by atoms with Gasteiger partial charge in [0.25, 0.3) is 5.91 Å². The third kappa shape index (κ3) is 9.35. The largest absolute Gasteiger partial charge is 0.491 e. The number of ether oxygens (including phenoxy) is 1. The molecular weight excluding hydrogens is 611 g/mol. The highest BCUT2D eigenvalue weighted by atomic mass is 35.5. The Kier molecular flexibility index (Phi) is 13.1. The van der Waals surface area contributed by atoms with Gasteiger partial charge in [0.15, 0.2) is 5.78 Å². The normalized spacial score (nSPS) is 10.3. The molecule has 1 amide bonds. The summed E-state index contributed by atoms with van der Waals surface area (Å²) in [5.41, 5.74) is 0.905. The summed E-state index contributed by atoms with van der Waals surface area (Å²) in [6.07, 6.45) is 1.48. The van der Waals surface area contributed by atoms with Gasteiger partial charge in [0.2, 0.25) is 5.95 Å². The molecule has 3 aromatic carbocycles. The Bertz CT molecular complexity index is 1520. The van der Waals surface area contributed by atoms with E-state index < -0.39 is 23.1 Å². The summed E-state index contributed by atoms with van der Waals surface area (Å²) in [5, 5.41) is 5.93. The summed E-state index contributed by atoms with van der Waals surface area (Å²) in [6.45, 7) is 1.25. The number of likely N-dealkylation sites (N-methyl/N-ethyl adjacent to an activating group) is 1. The topological polar surface area (TPSA) is 96.5 Å². The number of anilines is 3. The summed E-state index contributed by atoms with van der Waals surface area (Å²) < 4.78 is 33.6. The van der Waals surface area contributed by atoms with Crippen LogP contribution in [0.3, 0.4) is 0 Å². The Morgan fingerprint density at radius 3 is 2.36 bits per heavy atom. The number of carbonyl (C=O) groups is 2. The Morgan fingerprint density at radius 1 is 0.952 bits per heavy atom. The second-order valence-electron chi connectivity index (χ2n) is 9.03. The highest BCUT2D eigenvalue weighted by Gasteiger charge is 2.18. The number of benzene rings is 3. The first-order chi connectivity index (χ1) is 19.2. The minimum atomic E-state index is -0.982. The van der Waals surface area contributed by atoms with Gasteiger partial charge in [-0.1, -0.05) is 29.8 Å². The minimum Gasteiger partial charge on any atom is -0.491 e. The van der Waals surface area contributed by atoms with Gasteiger partial charge in [-0.15, -0.1) is 24.8 Å². The number of nitrogens with zero attached hydrogens (tertiary/aromatic N) is 3. The summed E-state index contributed by atoms with van der Waals surface area (Å²) >= 11 is 6.35. The molecule has 0 radical (unpaired) electrons. The minimum absolute atomic E-state index is 0. The maximum atomic E-state index is 13.9. The molecule has 1 heterocycles. The molecule has 0 saturated carbocycles. The smallest absolute Gasteiger partial charge is 0.261 e. The molecule has 0 unspecified atom stereocenters. The molecule has 0 aliphatic carbocycles. The summed E-state index contributed by atoms with van der Waals surface area (Å²) in [6, 6.07) is 16.1. The van der Waals surface area contributed by atoms with E-state index in [9.17, 15) is 18.4 Å². The van der Waals surface area contributed by atoms with Gasteiger partial charge in [-0.2, -0.15) is 0 Å². The van der Waals surface area contributed by atoms with Gasteiger partial charge in [-0.05, 0) is 62.6 Å². The molecule has 2 N–H and O–H groups in total. The standard InChI is InChI=1S/C29H26ClF2N5O3.2ClH/c1-37(2)13-14-40-26-10-9-20(16-22(26)30)35-29-33-12-11-21(36-29)17-25(38)18-5-3-6-19(15-18)34-28(39)27-23(31)7-4-8-24(27)32;;/h3-12,15-16H,13-14,17H2,1-2H3,(H,34,39)(H,33,35,36);2*1H. The van der Waals surface area contributed by atoms with Crippen LogP contribution in [-0.4, -0.2) is 53.8 Å². The first-order valence-corrected chi connectivity index (χ1v) is 12.6. The second-order valence-corrected chi connectivity index (χ2v) is 9.43. The van der Waals surface area contributed by atoms with Crippen molar-refractivity contribution in [1.29, 1.82) is 0 Å². The van der Waals surface area contributed by atoms with E-state index in [1.807, 2.05) is 19.0 Å². The SMILES string of the molecule is CN(C)CCOc1ccc(Nc2nccc(CC(=O)c3cccc(NC(=O)c4c(F)cccc4F)c3)n2)cc1Cl.Cl.Cl. The third-order valence-electron chi connectivity index (χ3n) is 5.67. The van der Waals surface area contributed by atoms with Crippen LogP contribution in [0, 0.1) is 11.6 Å². The lowest BCUT2D eigenvalue weighted by atomic mass is 10.1. The summed E-state index contributed by atoms with van der Waals surface area (Å²) in [7, 11) is 3.91. The van der Waals surface area contributed by atoms with E-state index >= 15 is 0 Å². The average Bonchev–Trinajstić information content (AvgIpc) is 2.90. The first-order valence-electron chi connectivity index (χ1n) is 12.2. The fourth-order valence-electron chi connectivity index (χ4n) is 3.66. The molecule has 0 spiro atoms. The highest BCUT2D eigenvalue weighted by Crippen LogP contribution is 2.28. The fourth-order valence-corrected chi connectivity index (χ4v) is 3.90. The monoisotopic (exact) mass is 637 g/mol. The van der Waals surface area contributed by atoms with Gasteiger partial charge < -0.3 is 20.3 Å². The molecule has 8 nitrogen and oxygen atoms in total. The van der Waals surface area contributed by atoms with E-state index in [1.54, 1.807) is 36.4 Å². The highest BCUT2D eigenvalue weighted by molar-refractivity contribution is 6.32. The molecule has 222 valence electrons. The second kappa shape index (κ2) is 16.0. The molecule has 0 bridgehead atoms. The number of rotatable bonds is 11. The Hall–Kier alpha value is -3.83. The van der Waals surface area contributed by atoms with Gasteiger partial charge in [-0.3, -0.25) is 9.59 Å². The zero-order valence-electron chi connectivity index (χ0n) is 22.6. The lowest BCUT2D eigenvalue weighted by molar-refractivity contribution is 0.0987. The number of hydrogen-bond acceptors (Lipinski definition) is 7. The molecule has 0 aliphatic heterocycles. The average molecular weight is 639 g/mol. The van der Waals surface area contributed by atoms with E-state index in [0.717, 1.165) is 18.7 Å². The van der Waals surface area contributed by atoms with Gasteiger partial charge in [0.1, 0.15) is 29.6 Å². The van der Waals surface area contributed by atoms with E-state index in [-0.39, 0.29) is 54.2 Å². The number of aromatic nitrogens is 2. The predicted octanol–water partition coefficient (Wildman–Crippen LogP) is 6.61. The van der Waals surface area contributed by atoms with Crippen molar-refractivity contribution in [2.75, 3.05) is 37.9 Å². The number of ketones is 1. The molecule has 13 heteroatoms. The Balaban J connectivity index is 0.00000308. The molecule has 0 aliphatic rings. The molecule has 42 heavy (non-hydrogen) atoms. The lowest BCUT2D eigenvalue weighted by Gasteiger charge is -2.13. The zero-order chi connectivity index (χ0) is 28.6. The molecule has 0 saturated heterocycles. The van der Waals surface area contributed by atoms with Crippen LogP contribution in [0.15, 0.2) is 72.9 Å². The van der Waals surface area contributed by atoms with Gasteiger partial charge in [-0.25, -0.2) is 18.7 Å². The van der Waals surface area contributed by atoms with Gasteiger partial charge in [0.05, 0.1) is 17.1 Å². The van der Waals surface area contributed by atoms with Crippen LogP contribution in [0.4, 0.5) is 26.1 Å². The van der Waals surface area contributed by atoms with Crippen molar-refractivity contribution in [3.63, 3.8) is 0 Å². The maximum Gasteiger partial charge on any atom is 0.261 e. The van der Waals surface area contributed by atoms with E-state index in [4.69, 9.17) is 16.3 Å². The lowest BCUT2D eigenvalue weighted by Crippen LogP contribution is -2.19. The van der Waals surface area contributed by atoms with E-state index in [0.29, 0.717) is 28.8 Å². The van der Waals surface area contributed by atoms with Crippen LogP contribution >= 0.6 is 36.4 Å². The van der Waals surface area contributed by atoms with Crippen molar-refractivity contribution in [2.24, 2.45) is 0 Å². The number of carbonyl (C=O) groups excluding carboxylic acids is 2. The Morgan fingerprint density at radius 2 is 1.67 bits per heavy atom. The van der Waals surface area contributed by atoms with Crippen LogP contribution in [-0.2, 0) is 6.42 Å². The van der Waals surface area contributed by atoms with Crippen LogP contribution in [0.25, 0.3) is 0 Å². The third-order valence-corrected chi connectivity index (χ3v) is 5.97. The van der Waals surface area contributed by atoms with E-state index in [2.05, 4.69) is 20.6 Å². The summed E-state index contributed by atoms with van der Waals surface area (Å²) in [4.78, 5) is 36.0. The molecule has 0 atom stereocenters. The molecule has 4 aromatic rings. The molecular formula is C29H28Cl3F2N5O3. The van der Waals surface area contributed by atoms with Gasteiger partial charge >= 0.3 is 0 Å². The molecule has 1 aromatic heterocycles. The van der Waals surface area contributed by atoms with Crippen LogP contribution < -0.4 is 15.4 Å². The predicted molar refractivity (Wildman–Crippen MR) is 164 cm³/mol. The van der Waals surface area contributed by atoms with Crippen LogP contribution in [0.2, 0.25) is 5.02 Å². The van der Waals surface area contributed by atoms with Crippen molar-refractivity contribution >= 4 is 65.4 Å². The number of nitrogens with one attached hydrogen (secondary N) is 2. The van der Waals surface area contributed by atoms with Crippen LogP contribution in [0.1, 0.15) is 26.4 Å². The van der Waals surface area contributed by atoms with Crippen molar-refractivity contribution < 1.29 is 23.1 Å². The van der Waals surface area contributed by atoms with Crippen molar-refractivity contribution in [3.8, 4) is 5.75 Å². The molecule has 0 fully saturated rings. The number of Topliss-reactive ketones (excluding diaryl/α,β-unsaturated/α-hetero) is 1. The van der Waals surface area contributed by atoms with Crippen molar-refractivity contribution in [2.45, 2.75) is 6.42 Å². The first kappa shape index (κ1) is 34.4. The number of hydrogen-bond donors (Lipinski definition) is 2. The maximum absolute atomic E-state index is 13.9. The van der Waals surface area contributed by atoms with Gasteiger partial charge in [0, 0.05) is 29.7 Å². The molecule has 4 rings (SSSR count). The fraction of sp³-hybridized carbons (Fsp3) is 0.172. The Labute approximate surface area is 259 Å². The zero-order valence-corrected chi connectivity index (χ0v) is 25.0. The van der Waals surface area contributed by atoms with Crippen LogP contribution in [0.5, 0.6) is 5.75 Å². The summed E-state index contributed by atoms with van der Waals surface area (Å²) in [5.74, 6) is -2.36. The van der Waals surface area contributed by atoms with Crippen molar-refractivity contribution in [1.82, 2.24) is 14.9 Å². The number of amides is 1. The number of halogens is 5. The van der Waals surface area contributed by atoms with Crippen molar-refractivity contribution in [3.05, 3.63) is 106 Å². The quantitative estimate of drug-likeness (QED) is 0.178.